The molecule has 10 heteroatoms. The van der Waals surface area contributed by atoms with Crippen LogP contribution in [-0.4, -0.2) is 55.9 Å². The molecular formula is C39H42ClN3O6. The molecule has 0 aliphatic carbocycles. The molecule has 1 aliphatic rings. The first kappa shape index (κ1) is 35.6. The summed E-state index contributed by atoms with van der Waals surface area (Å²) < 4.78 is 24.1. The number of aliphatic carboxylic acids is 1. The van der Waals surface area contributed by atoms with Gasteiger partial charge in [0.1, 0.15) is 44.0 Å². The summed E-state index contributed by atoms with van der Waals surface area (Å²) in [5, 5.41) is 22.8. The zero-order valence-corrected chi connectivity index (χ0v) is 28.9. The van der Waals surface area contributed by atoms with Crippen LogP contribution >= 0.6 is 11.6 Å². The summed E-state index contributed by atoms with van der Waals surface area (Å²) in [6.45, 7) is 4.72. The van der Waals surface area contributed by atoms with Gasteiger partial charge in [-0.3, -0.25) is 4.79 Å². The van der Waals surface area contributed by atoms with Crippen LogP contribution in [0.15, 0.2) is 72.8 Å². The first-order valence-corrected chi connectivity index (χ1v) is 16.8. The Morgan fingerprint density at radius 2 is 1.73 bits per heavy atom. The van der Waals surface area contributed by atoms with Crippen molar-refractivity contribution in [1.29, 1.82) is 5.26 Å². The van der Waals surface area contributed by atoms with Gasteiger partial charge in [-0.15, -0.1) is 0 Å². The van der Waals surface area contributed by atoms with Crippen molar-refractivity contribution in [3.8, 4) is 40.2 Å². The van der Waals surface area contributed by atoms with Gasteiger partial charge in [0.15, 0.2) is 11.5 Å². The van der Waals surface area contributed by atoms with Crippen molar-refractivity contribution in [3.05, 3.63) is 106 Å². The number of benzene rings is 4. The molecule has 49 heavy (non-hydrogen) atoms. The zero-order chi connectivity index (χ0) is 34.8. The Morgan fingerprint density at radius 3 is 2.51 bits per heavy atom. The van der Waals surface area contributed by atoms with E-state index in [1.54, 1.807) is 24.3 Å². The van der Waals surface area contributed by atoms with E-state index in [1.807, 2.05) is 56.6 Å². The molecule has 0 unspecified atom stereocenters. The van der Waals surface area contributed by atoms with Crippen molar-refractivity contribution in [3.63, 3.8) is 0 Å². The maximum Gasteiger partial charge on any atom is 0.320 e. The highest BCUT2D eigenvalue weighted by atomic mass is 35.5. The Morgan fingerprint density at radius 1 is 0.959 bits per heavy atom. The smallest absolute Gasteiger partial charge is 0.320 e. The van der Waals surface area contributed by atoms with Gasteiger partial charge in [0.05, 0.1) is 16.7 Å². The van der Waals surface area contributed by atoms with Gasteiger partial charge in [-0.25, -0.2) is 0 Å². The molecule has 0 saturated carbocycles. The van der Waals surface area contributed by atoms with Crippen molar-refractivity contribution in [2.45, 2.75) is 52.0 Å². The minimum Gasteiger partial charge on any atom is -0.488 e. The number of carboxylic acid groups (broad SMARTS) is 1. The first-order chi connectivity index (χ1) is 23.7. The number of fused-ring (bicyclic) bond motifs is 1. The second kappa shape index (κ2) is 17.1. The van der Waals surface area contributed by atoms with Crippen LogP contribution in [0.25, 0.3) is 11.1 Å². The quantitative estimate of drug-likeness (QED) is 0.117. The van der Waals surface area contributed by atoms with Crippen LogP contribution in [0.5, 0.6) is 23.0 Å². The number of hydrogen-bond donors (Lipinski definition) is 2. The van der Waals surface area contributed by atoms with Gasteiger partial charge in [0.2, 0.25) is 0 Å². The highest BCUT2D eigenvalue weighted by Gasteiger charge is 2.20. The van der Waals surface area contributed by atoms with Gasteiger partial charge >= 0.3 is 5.97 Å². The number of rotatable bonds is 16. The van der Waals surface area contributed by atoms with Crippen molar-refractivity contribution in [2.24, 2.45) is 0 Å². The molecule has 2 N–H and O–H groups in total. The minimum atomic E-state index is -0.902. The number of nitrogens with zero attached hydrogens (tertiary/aromatic N) is 2. The van der Waals surface area contributed by atoms with Crippen LogP contribution in [0.4, 0.5) is 0 Å². The summed E-state index contributed by atoms with van der Waals surface area (Å²) in [6, 6.07) is 24.2. The molecule has 9 nitrogen and oxygen atoms in total. The normalized spacial score (nSPS) is 12.7. The number of unbranched alkanes of at least 4 members (excludes halogenated alkanes) is 1. The molecule has 0 amide bonds. The van der Waals surface area contributed by atoms with E-state index < -0.39 is 12.0 Å². The fourth-order valence-electron chi connectivity index (χ4n) is 5.69. The lowest BCUT2D eigenvalue weighted by atomic mass is 9.96. The van der Waals surface area contributed by atoms with E-state index in [0.29, 0.717) is 47.3 Å². The van der Waals surface area contributed by atoms with Crippen LogP contribution in [0.1, 0.15) is 47.1 Å². The molecule has 1 aliphatic heterocycles. The Labute approximate surface area is 292 Å². The lowest BCUT2D eigenvalue weighted by Gasteiger charge is -2.20. The standard InChI is InChI=1S/C39H42ClN3O6/c1-26-30(10-7-11-32(26)29-13-14-35-38(20-29)47-17-16-46-35)25-49-37-21-36(48-24-28-9-6-8-27(18-28)22-41)31(19-33(37)40)23-42-34(39(44)45)12-4-5-15-43(2)3/h6-11,13-14,18-21,34,42H,4-5,12,15-17,23-25H2,1-3H3,(H,44,45)/t34-/m0/s1. The first-order valence-electron chi connectivity index (χ1n) is 16.4. The molecule has 256 valence electrons. The molecule has 4 aromatic carbocycles. The summed E-state index contributed by atoms with van der Waals surface area (Å²) in [7, 11) is 4.00. The van der Waals surface area contributed by atoms with Crippen molar-refractivity contribution >= 4 is 17.6 Å². The number of carboxylic acids is 1. The molecule has 0 spiro atoms. The molecule has 0 radical (unpaired) electrons. The van der Waals surface area contributed by atoms with Crippen molar-refractivity contribution in [2.75, 3.05) is 33.9 Å². The van der Waals surface area contributed by atoms with E-state index in [0.717, 1.165) is 58.7 Å². The molecule has 0 aromatic heterocycles. The number of halogens is 1. The highest BCUT2D eigenvalue weighted by molar-refractivity contribution is 6.32. The Hall–Kier alpha value is -4.75. The van der Waals surface area contributed by atoms with E-state index >= 15 is 0 Å². The maximum absolute atomic E-state index is 12.1. The van der Waals surface area contributed by atoms with Gasteiger partial charge in [0.25, 0.3) is 0 Å². The van der Waals surface area contributed by atoms with E-state index in [9.17, 15) is 15.2 Å². The maximum atomic E-state index is 12.1. The van der Waals surface area contributed by atoms with Gasteiger partial charge < -0.3 is 34.3 Å². The molecule has 0 saturated heterocycles. The average Bonchev–Trinajstić information content (AvgIpc) is 3.10. The number of carbonyl (C=O) groups is 1. The van der Waals surface area contributed by atoms with Crippen LogP contribution in [0.2, 0.25) is 5.02 Å². The summed E-state index contributed by atoms with van der Waals surface area (Å²) in [4.78, 5) is 14.1. The largest absolute Gasteiger partial charge is 0.488 e. The van der Waals surface area contributed by atoms with E-state index in [2.05, 4.69) is 29.3 Å². The number of nitrogens with one attached hydrogen (secondary N) is 1. The molecule has 0 fully saturated rings. The summed E-state index contributed by atoms with van der Waals surface area (Å²) >= 11 is 6.78. The molecular weight excluding hydrogens is 642 g/mol. The predicted octanol–water partition coefficient (Wildman–Crippen LogP) is 7.39. The van der Waals surface area contributed by atoms with E-state index in [1.165, 1.54) is 0 Å². The highest BCUT2D eigenvalue weighted by Crippen LogP contribution is 2.37. The number of hydrogen-bond acceptors (Lipinski definition) is 8. The molecule has 0 bridgehead atoms. The van der Waals surface area contributed by atoms with Gasteiger partial charge in [-0.05, 0) is 98.6 Å². The third-order valence-electron chi connectivity index (χ3n) is 8.43. The lowest BCUT2D eigenvalue weighted by Crippen LogP contribution is -2.36. The molecule has 1 atom stereocenters. The second-order valence-corrected chi connectivity index (χ2v) is 12.7. The molecule has 4 aromatic rings. The van der Waals surface area contributed by atoms with Crippen molar-refractivity contribution in [1.82, 2.24) is 10.2 Å². The molecule has 5 rings (SSSR count). The van der Waals surface area contributed by atoms with Crippen LogP contribution in [0.3, 0.4) is 0 Å². The van der Waals surface area contributed by atoms with E-state index in [4.69, 9.17) is 30.5 Å². The fourth-order valence-corrected chi connectivity index (χ4v) is 5.93. The SMILES string of the molecule is Cc1c(COc2cc(OCc3cccc(C#N)c3)c(CN[C@@H](CCCCN(C)C)C(=O)O)cc2Cl)cccc1-c1ccc2c(c1)OCCO2. The van der Waals surface area contributed by atoms with Gasteiger partial charge in [0, 0.05) is 18.2 Å². The van der Waals surface area contributed by atoms with Crippen LogP contribution < -0.4 is 24.3 Å². The number of ether oxygens (including phenoxy) is 4. The monoisotopic (exact) mass is 683 g/mol. The van der Waals surface area contributed by atoms with Crippen LogP contribution in [-0.2, 0) is 24.6 Å². The summed E-state index contributed by atoms with van der Waals surface area (Å²) in [5.74, 6) is 1.52. The Bertz CT molecular complexity index is 1800. The van der Waals surface area contributed by atoms with Gasteiger partial charge in [-0.1, -0.05) is 54.4 Å². The summed E-state index contributed by atoms with van der Waals surface area (Å²) in [6.07, 6.45) is 2.19. The lowest BCUT2D eigenvalue weighted by molar-refractivity contribution is -0.139. The third kappa shape index (κ3) is 9.67. The molecule has 1 heterocycles. The minimum absolute atomic E-state index is 0.202. The third-order valence-corrected chi connectivity index (χ3v) is 8.73. The second-order valence-electron chi connectivity index (χ2n) is 12.3. The zero-order valence-electron chi connectivity index (χ0n) is 28.1. The van der Waals surface area contributed by atoms with Crippen molar-refractivity contribution < 1.29 is 28.8 Å². The average molecular weight is 684 g/mol. The van der Waals surface area contributed by atoms with E-state index in [-0.39, 0.29) is 19.8 Å². The Kier molecular flexibility index (Phi) is 12.4. The summed E-state index contributed by atoms with van der Waals surface area (Å²) in [5.41, 5.74) is 6.20. The van der Waals surface area contributed by atoms with Crippen LogP contribution in [0, 0.1) is 18.3 Å². The fraction of sp³-hybridized carbons (Fsp3) is 0.333. The Balaban J connectivity index is 1.34. The topological polar surface area (TPSA) is 113 Å². The number of nitriles is 1. The predicted molar refractivity (Wildman–Crippen MR) is 190 cm³/mol. The van der Waals surface area contributed by atoms with Gasteiger partial charge in [-0.2, -0.15) is 5.26 Å².